The molecule has 0 bridgehead atoms. The van der Waals surface area contributed by atoms with Gasteiger partial charge in [-0.15, -0.1) is 0 Å². The fourth-order valence-corrected chi connectivity index (χ4v) is 1.48. The van der Waals surface area contributed by atoms with E-state index in [4.69, 9.17) is 5.26 Å². The molecule has 5 nitrogen and oxygen atoms in total. The fraction of sp³-hybridized carbons (Fsp3) is 0.429. The van der Waals surface area contributed by atoms with Crippen LogP contribution in [-0.4, -0.2) is 24.4 Å². The zero-order valence-corrected chi connectivity index (χ0v) is 12.3. The smallest absolute Gasteiger partial charge is 0.422 e. The number of nitrogens with one attached hydrogen (secondary N) is 2. The number of hydrogen-bond acceptors (Lipinski definition) is 3. The molecule has 2 amide bonds. The van der Waals surface area contributed by atoms with Gasteiger partial charge in [-0.3, -0.25) is 0 Å². The Hall–Kier alpha value is -2.43. The lowest BCUT2D eigenvalue weighted by Gasteiger charge is -2.21. The first-order chi connectivity index (χ1) is 10.00. The van der Waals surface area contributed by atoms with E-state index in [0.717, 1.165) is 0 Å². The molecular weight excluding hydrogens is 299 g/mol. The van der Waals surface area contributed by atoms with E-state index >= 15 is 0 Å². The van der Waals surface area contributed by atoms with Gasteiger partial charge in [0, 0.05) is 11.2 Å². The van der Waals surface area contributed by atoms with Crippen LogP contribution in [0.4, 0.5) is 23.7 Å². The summed E-state index contributed by atoms with van der Waals surface area (Å²) in [6, 6.07) is 5.05. The second-order valence-electron chi connectivity index (χ2n) is 5.56. The Bertz CT molecular complexity index is 586. The summed E-state index contributed by atoms with van der Waals surface area (Å²) in [5, 5.41) is 14.1. The molecule has 0 aliphatic heterocycles. The van der Waals surface area contributed by atoms with Gasteiger partial charge in [0.1, 0.15) is 11.8 Å². The lowest BCUT2D eigenvalue weighted by Crippen LogP contribution is -2.43. The maximum absolute atomic E-state index is 12.1. The molecule has 0 aliphatic carbocycles. The van der Waals surface area contributed by atoms with Crippen LogP contribution < -0.4 is 15.4 Å². The molecule has 2 N–H and O–H groups in total. The Morgan fingerprint density at radius 2 is 1.95 bits per heavy atom. The first-order valence-corrected chi connectivity index (χ1v) is 6.33. The van der Waals surface area contributed by atoms with E-state index in [9.17, 15) is 18.0 Å². The van der Waals surface area contributed by atoms with Crippen molar-refractivity contribution in [3.05, 3.63) is 23.8 Å². The summed E-state index contributed by atoms with van der Waals surface area (Å²) in [6.07, 6.45) is -4.49. The normalized spacial score (nSPS) is 11.5. The van der Waals surface area contributed by atoms with Crippen molar-refractivity contribution in [3.8, 4) is 11.8 Å². The summed E-state index contributed by atoms with van der Waals surface area (Å²) in [6.45, 7) is 3.89. The molecule has 1 rings (SSSR count). The van der Waals surface area contributed by atoms with E-state index in [-0.39, 0.29) is 17.0 Å². The summed E-state index contributed by atoms with van der Waals surface area (Å²) in [4.78, 5) is 11.7. The molecule has 0 aromatic heterocycles. The standard InChI is InChI=1S/C14H16F3N3O2/c1-13(2,3)20-12(21)19-10-4-5-11(9(6-10)7-18)22-8-14(15,16)17/h4-6H,8H2,1-3H3,(H2,19,20,21). The first-order valence-electron chi connectivity index (χ1n) is 6.33. The minimum Gasteiger partial charge on any atom is -0.483 e. The zero-order chi connectivity index (χ0) is 17.0. The minimum atomic E-state index is -4.49. The Morgan fingerprint density at radius 3 is 2.45 bits per heavy atom. The Morgan fingerprint density at radius 1 is 1.32 bits per heavy atom. The van der Waals surface area contributed by atoms with Crippen LogP contribution in [0, 0.1) is 11.3 Å². The molecule has 0 unspecified atom stereocenters. The predicted octanol–water partition coefficient (Wildman–Crippen LogP) is 3.42. The Labute approximate surface area is 126 Å². The quantitative estimate of drug-likeness (QED) is 0.897. The third-order valence-corrected chi connectivity index (χ3v) is 2.24. The average molecular weight is 315 g/mol. The van der Waals surface area contributed by atoms with E-state index in [2.05, 4.69) is 15.4 Å². The minimum absolute atomic E-state index is 0.0993. The van der Waals surface area contributed by atoms with Crippen LogP contribution in [0.3, 0.4) is 0 Å². The maximum Gasteiger partial charge on any atom is 0.422 e. The first kappa shape index (κ1) is 17.6. The summed E-state index contributed by atoms with van der Waals surface area (Å²) < 4.78 is 40.9. The molecule has 0 radical (unpaired) electrons. The fourth-order valence-electron chi connectivity index (χ4n) is 1.48. The van der Waals surface area contributed by atoms with Gasteiger partial charge in [0.15, 0.2) is 6.61 Å². The van der Waals surface area contributed by atoms with E-state index in [1.165, 1.54) is 18.2 Å². The summed E-state index contributed by atoms with van der Waals surface area (Å²) in [7, 11) is 0. The molecule has 0 saturated carbocycles. The second kappa shape index (κ2) is 6.56. The second-order valence-corrected chi connectivity index (χ2v) is 5.56. The van der Waals surface area contributed by atoms with E-state index in [1.54, 1.807) is 26.8 Å². The highest BCUT2D eigenvalue weighted by molar-refractivity contribution is 5.90. The van der Waals surface area contributed by atoms with Crippen LogP contribution in [0.25, 0.3) is 0 Å². The molecule has 0 fully saturated rings. The molecule has 0 spiro atoms. The van der Waals surface area contributed by atoms with Crippen molar-refractivity contribution in [3.63, 3.8) is 0 Å². The number of carbonyl (C=O) groups is 1. The number of urea groups is 1. The molecule has 120 valence electrons. The number of anilines is 1. The van der Waals surface area contributed by atoms with Crippen molar-refractivity contribution in [1.82, 2.24) is 5.32 Å². The van der Waals surface area contributed by atoms with Crippen molar-refractivity contribution in [2.45, 2.75) is 32.5 Å². The Kier molecular flexibility index (Phi) is 5.25. The summed E-state index contributed by atoms with van der Waals surface area (Å²) >= 11 is 0. The van der Waals surface area contributed by atoms with Crippen molar-refractivity contribution < 1.29 is 22.7 Å². The van der Waals surface area contributed by atoms with Gasteiger partial charge in [0.2, 0.25) is 0 Å². The molecule has 0 heterocycles. The van der Waals surface area contributed by atoms with Gasteiger partial charge in [-0.25, -0.2) is 4.79 Å². The van der Waals surface area contributed by atoms with Crippen molar-refractivity contribution >= 4 is 11.7 Å². The molecule has 1 aromatic rings. The van der Waals surface area contributed by atoms with Crippen LogP contribution in [-0.2, 0) is 0 Å². The summed E-state index contributed by atoms with van der Waals surface area (Å²) in [5.41, 5.74) is -0.270. The number of rotatable bonds is 3. The number of hydrogen-bond donors (Lipinski definition) is 2. The molecule has 8 heteroatoms. The molecule has 1 aromatic carbocycles. The van der Waals surface area contributed by atoms with Gasteiger partial charge >= 0.3 is 12.2 Å². The number of amides is 2. The van der Waals surface area contributed by atoms with Crippen LogP contribution >= 0.6 is 0 Å². The number of ether oxygens (including phenoxy) is 1. The monoisotopic (exact) mass is 315 g/mol. The van der Waals surface area contributed by atoms with Gasteiger partial charge < -0.3 is 15.4 Å². The van der Waals surface area contributed by atoms with Gasteiger partial charge in [-0.1, -0.05) is 0 Å². The van der Waals surface area contributed by atoms with Gasteiger partial charge in [0.25, 0.3) is 0 Å². The number of nitrogens with zero attached hydrogens (tertiary/aromatic N) is 1. The highest BCUT2D eigenvalue weighted by atomic mass is 19.4. The van der Waals surface area contributed by atoms with E-state index in [1.807, 2.05) is 0 Å². The lowest BCUT2D eigenvalue weighted by molar-refractivity contribution is -0.153. The van der Waals surface area contributed by atoms with Crippen LogP contribution in [0.15, 0.2) is 18.2 Å². The lowest BCUT2D eigenvalue weighted by atomic mass is 10.1. The zero-order valence-electron chi connectivity index (χ0n) is 12.3. The average Bonchev–Trinajstić information content (AvgIpc) is 2.33. The third kappa shape index (κ3) is 6.35. The van der Waals surface area contributed by atoms with E-state index < -0.39 is 24.4 Å². The maximum atomic E-state index is 12.1. The molecular formula is C14H16F3N3O2. The number of benzene rings is 1. The number of carbonyl (C=O) groups excluding carboxylic acids is 1. The highest BCUT2D eigenvalue weighted by Gasteiger charge is 2.28. The largest absolute Gasteiger partial charge is 0.483 e. The highest BCUT2D eigenvalue weighted by Crippen LogP contribution is 2.24. The van der Waals surface area contributed by atoms with E-state index in [0.29, 0.717) is 0 Å². The van der Waals surface area contributed by atoms with Crippen LogP contribution in [0.5, 0.6) is 5.75 Å². The van der Waals surface area contributed by atoms with Crippen LogP contribution in [0.1, 0.15) is 26.3 Å². The Balaban J connectivity index is 2.81. The van der Waals surface area contributed by atoms with Crippen molar-refractivity contribution in [2.24, 2.45) is 0 Å². The van der Waals surface area contributed by atoms with Crippen molar-refractivity contribution in [1.29, 1.82) is 5.26 Å². The SMILES string of the molecule is CC(C)(C)NC(=O)Nc1ccc(OCC(F)(F)F)c(C#N)c1. The molecule has 0 saturated heterocycles. The molecule has 22 heavy (non-hydrogen) atoms. The van der Waals surface area contributed by atoms with Gasteiger partial charge in [-0.05, 0) is 39.0 Å². The molecule has 0 aliphatic rings. The number of halogens is 3. The van der Waals surface area contributed by atoms with Crippen molar-refractivity contribution in [2.75, 3.05) is 11.9 Å². The molecule has 0 atom stereocenters. The third-order valence-electron chi connectivity index (χ3n) is 2.24. The van der Waals surface area contributed by atoms with Gasteiger partial charge in [0.05, 0.1) is 5.56 Å². The van der Waals surface area contributed by atoms with Crippen LogP contribution in [0.2, 0.25) is 0 Å². The number of alkyl halides is 3. The number of nitriles is 1. The summed E-state index contributed by atoms with van der Waals surface area (Å²) in [5.74, 6) is -0.193. The topological polar surface area (TPSA) is 74.2 Å². The predicted molar refractivity (Wildman–Crippen MR) is 74.6 cm³/mol. The van der Waals surface area contributed by atoms with Gasteiger partial charge in [-0.2, -0.15) is 18.4 Å².